The third-order valence-corrected chi connectivity index (χ3v) is 7.47. The van der Waals surface area contributed by atoms with Crippen molar-refractivity contribution in [3.63, 3.8) is 0 Å². The Labute approximate surface area is 281 Å². The van der Waals surface area contributed by atoms with Crippen molar-refractivity contribution < 1.29 is 64.6 Å². The summed E-state index contributed by atoms with van der Waals surface area (Å²) in [6.07, 6.45) is 36.8. The maximum atomic E-state index is 10.2. The van der Waals surface area contributed by atoms with Crippen molar-refractivity contribution >= 4 is 11.9 Å². The quantitative estimate of drug-likeness (QED) is 0.0541. The van der Waals surface area contributed by atoms with Crippen molar-refractivity contribution in [1.29, 1.82) is 0 Å². The summed E-state index contributed by atoms with van der Waals surface area (Å²) in [5.74, 6) is -1.81. The van der Waals surface area contributed by atoms with Gasteiger partial charge in [0.25, 0.3) is 0 Å². The van der Waals surface area contributed by atoms with E-state index in [1.165, 1.54) is 154 Å². The molecule has 0 unspecified atom stereocenters. The Bertz CT molecular complexity index is 475. The molecule has 0 saturated carbocycles. The summed E-state index contributed by atoms with van der Waals surface area (Å²) in [4.78, 5) is 20.4. The van der Waals surface area contributed by atoms with Crippen molar-refractivity contribution in [1.82, 2.24) is 0 Å². The van der Waals surface area contributed by atoms with Crippen LogP contribution in [0.3, 0.4) is 0 Å². The third-order valence-electron chi connectivity index (χ3n) is 7.47. The summed E-state index contributed by atoms with van der Waals surface area (Å²) < 4.78 is 0. The monoisotopic (exact) mass is 752 g/mol. The fourth-order valence-corrected chi connectivity index (χ4v) is 4.93. The Morgan fingerprint density at radius 1 is 0.325 bits per heavy atom. The van der Waals surface area contributed by atoms with Gasteiger partial charge in [0.05, 0.1) is 0 Å². The Kier molecular flexibility index (Phi) is 51.9. The number of carbonyl (C=O) groups is 2. The zero-order valence-electron chi connectivity index (χ0n) is 26.4. The molecule has 0 saturated heterocycles. The van der Waals surface area contributed by atoms with Gasteiger partial charge in [-0.2, -0.15) is 0 Å². The van der Waals surface area contributed by atoms with Gasteiger partial charge in [-0.1, -0.05) is 181 Å². The van der Waals surface area contributed by atoms with E-state index in [0.717, 1.165) is 25.7 Å². The van der Waals surface area contributed by atoms with E-state index >= 15 is 0 Å². The van der Waals surface area contributed by atoms with E-state index in [9.17, 15) is 19.8 Å². The first-order chi connectivity index (χ1) is 18.5. The van der Waals surface area contributed by atoms with Crippen LogP contribution in [0, 0.1) is 0 Å². The van der Waals surface area contributed by atoms with Gasteiger partial charge in [-0.15, -0.1) is 0 Å². The molecule has 6 heteroatoms. The van der Waals surface area contributed by atoms with Crippen molar-refractivity contribution in [2.45, 2.75) is 206 Å². The molecule has 0 N–H and O–H groups in total. The Morgan fingerprint density at radius 3 is 0.625 bits per heavy atom. The van der Waals surface area contributed by atoms with Crippen LogP contribution in [0.2, 0.25) is 0 Å². The van der Waals surface area contributed by atoms with E-state index in [0.29, 0.717) is 0 Å². The molecule has 0 spiro atoms. The fraction of sp³-hybridized carbons (Fsp3) is 0.941. The smallest absolute Gasteiger partial charge is 0.550 e. The molecule has 0 rings (SSSR count). The molecule has 0 aromatic carbocycles. The summed E-state index contributed by atoms with van der Waals surface area (Å²) in [6, 6.07) is 0. The van der Waals surface area contributed by atoms with Crippen molar-refractivity contribution in [3.05, 3.63) is 0 Å². The second-order valence-electron chi connectivity index (χ2n) is 11.4. The second-order valence-corrected chi connectivity index (χ2v) is 11.4. The van der Waals surface area contributed by atoms with E-state index in [-0.39, 0.29) is 57.6 Å². The van der Waals surface area contributed by atoms with Crippen LogP contribution >= 0.6 is 0 Å². The molecule has 40 heavy (non-hydrogen) atoms. The van der Waals surface area contributed by atoms with Gasteiger partial charge in [-0.25, -0.2) is 0 Å². The molecule has 0 aromatic heterocycles. The molecule has 0 heterocycles. The number of hydrogen-bond donors (Lipinski definition) is 0. The maximum Gasteiger partial charge on any atom is 1.00 e. The zero-order valence-corrected chi connectivity index (χ0v) is 29.4. The minimum Gasteiger partial charge on any atom is -0.550 e. The standard InChI is InChI=1S/C18H36O2.C16H32O2.2Ag/c1-2-3-4-5-6-7-8-9-10-11-12-13-14-15-16-17-18(19)20;1-2-3-4-5-6-7-8-9-10-11-12-13-14-15-16(17)18;;/h2-17H2,1H3,(H,19,20);2-15H2,1H3,(H,17,18);;/q;;2*+1/p-2. The number of unbranched alkanes of at least 4 members (excludes halogenated alkanes) is 26. The van der Waals surface area contributed by atoms with Crippen molar-refractivity contribution in [2.24, 2.45) is 0 Å². The van der Waals surface area contributed by atoms with E-state index in [2.05, 4.69) is 13.8 Å². The average molecular weight is 755 g/mol. The minimum atomic E-state index is -0.905. The van der Waals surface area contributed by atoms with Gasteiger partial charge in [0.1, 0.15) is 0 Å². The van der Waals surface area contributed by atoms with Crippen LogP contribution in [0.5, 0.6) is 0 Å². The van der Waals surface area contributed by atoms with Crippen LogP contribution in [-0.4, -0.2) is 11.9 Å². The Balaban J connectivity index is -0.000000310. The van der Waals surface area contributed by atoms with Crippen LogP contribution in [-0.2, 0) is 54.3 Å². The van der Waals surface area contributed by atoms with E-state index in [1.807, 2.05) is 0 Å². The summed E-state index contributed by atoms with van der Waals surface area (Å²) in [6.45, 7) is 4.52. The molecule has 0 atom stereocenters. The normalized spacial score (nSPS) is 10.2. The first-order valence-corrected chi connectivity index (χ1v) is 16.9. The second kappa shape index (κ2) is 43.9. The Morgan fingerprint density at radius 2 is 0.475 bits per heavy atom. The number of carboxylic acids is 2. The molecule has 248 valence electrons. The van der Waals surface area contributed by atoms with Crippen LogP contribution < -0.4 is 10.2 Å². The third kappa shape index (κ3) is 51.2. The number of carbonyl (C=O) groups excluding carboxylic acids is 2. The van der Waals surface area contributed by atoms with E-state index < -0.39 is 11.9 Å². The molecule has 0 bridgehead atoms. The average Bonchev–Trinajstić information content (AvgIpc) is 2.89. The first kappa shape index (κ1) is 47.4. The molecular formula is C34H66Ag2O4. The molecule has 0 aliphatic carbocycles. The molecule has 4 nitrogen and oxygen atoms in total. The SMILES string of the molecule is CCCCCCCCCCCCCCCC(=O)[O-].CCCCCCCCCCCCCCCCCC(=O)[O-].[Ag+].[Ag+]. The van der Waals surface area contributed by atoms with Gasteiger partial charge in [0.2, 0.25) is 0 Å². The molecule has 0 amide bonds. The van der Waals surface area contributed by atoms with Crippen LogP contribution in [0.1, 0.15) is 206 Å². The number of aliphatic carboxylic acids is 2. The number of rotatable bonds is 30. The largest absolute Gasteiger partial charge is 1.00 e. The van der Waals surface area contributed by atoms with Gasteiger partial charge >= 0.3 is 44.8 Å². The van der Waals surface area contributed by atoms with Gasteiger partial charge < -0.3 is 19.8 Å². The molecular weight excluding hydrogens is 688 g/mol. The predicted octanol–water partition coefficient (Wildman–Crippen LogP) is 9.21. The maximum absolute atomic E-state index is 10.2. The number of hydrogen-bond acceptors (Lipinski definition) is 4. The molecule has 0 aromatic rings. The van der Waals surface area contributed by atoms with E-state index in [1.54, 1.807) is 0 Å². The summed E-state index contributed by atoms with van der Waals surface area (Å²) >= 11 is 0. The summed E-state index contributed by atoms with van der Waals surface area (Å²) in [7, 11) is 0. The molecule has 0 radical (unpaired) electrons. The van der Waals surface area contributed by atoms with Gasteiger partial charge in [0, 0.05) is 11.9 Å². The number of carboxylic acid groups (broad SMARTS) is 2. The summed E-state index contributed by atoms with van der Waals surface area (Å²) in [5, 5.41) is 20.4. The fourth-order valence-electron chi connectivity index (χ4n) is 4.93. The van der Waals surface area contributed by atoms with Crippen LogP contribution in [0.15, 0.2) is 0 Å². The zero-order chi connectivity index (χ0) is 28.4. The van der Waals surface area contributed by atoms with Gasteiger partial charge in [-0.3, -0.25) is 0 Å². The first-order valence-electron chi connectivity index (χ1n) is 16.9. The Hall–Kier alpha value is 0.421. The van der Waals surface area contributed by atoms with Crippen LogP contribution in [0.4, 0.5) is 0 Å². The van der Waals surface area contributed by atoms with Crippen molar-refractivity contribution in [2.75, 3.05) is 0 Å². The predicted molar refractivity (Wildman–Crippen MR) is 160 cm³/mol. The van der Waals surface area contributed by atoms with Gasteiger partial charge in [-0.05, 0) is 25.7 Å². The summed E-state index contributed by atoms with van der Waals surface area (Å²) in [5.41, 5.74) is 0. The molecule has 0 aliphatic rings. The van der Waals surface area contributed by atoms with Crippen molar-refractivity contribution in [3.8, 4) is 0 Å². The van der Waals surface area contributed by atoms with Crippen LogP contribution in [0.25, 0.3) is 0 Å². The minimum absolute atomic E-state index is 0. The molecule has 0 aliphatic heterocycles. The van der Waals surface area contributed by atoms with Gasteiger partial charge in [0.15, 0.2) is 0 Å². The molecule has 0 fully saturated rings. The van der Waals surface area contributed by atoms with E-state index in [4.69, 9.17) is 0 Å². The topological polar surface area (TPSA) is 80.3 Å².